The van der Waals surface area contributed by atoms with E-state index < -0.39 is 0 Å². The summed E-state index contributed by atoms with van der Waals surface area (Å²) >= 11 is 7.97. The Bertz CT molecular complexity index is 385. The number of halogens is 2. The summed E-state index contributed by atoms with van der Waals surface area (Å²) in [5, 5.41) is 3.74. The van der Waals surface area contributed by atoms with Crippen molar-refractivity contribution in [2.24, 2.45) is 0 Å². The number of likely N-dealkylation sites (N-methyl/N-ethyl adjacent to an activating group) is 1. The number of hydrogen-bond acceptors (Lipinski definition) is 3. The summed E-state index contributed by atoms with van der Waals surface area (Å²) in [6.45, 7) is 0.737. The molecule has 1 fully saturated rings. The molecule has 0 bridgehead atoms. The van der Waals surface area contributed by atoms with Gasteiger partial charge >= 0.3 is 0 Å². The van der Waals surface area contributed by atoms with Crippen LogP contribution in [0.3, 0.4) is 0 Å². The SMILES string of the molecule is CNC(c1cc(F)ccc1Cl)C1CSCCO1. The number of nitrogens with one attached hydrogen (secondary N) is 1. The Balaban J connectivity index is 2.24. The van der Waals surface area contributed by atoms with E-state index in [9.17, 15) is 4.39 Å². The van der Waals surface area contributed by atoms with Crippen molar-refractivity contribution in [3.8, 4) is 0 Å². The fourth-order valence-electron chi connectivity index (χ4n) is 1.99. The standard InChI is InChI=1S/C12H15ClFNOS/c1-15-12(11-7-17-5-4-16-11)9-6-8(14)2-3-10(9)13/h2-3,6,11-12,15H,4-5,7H2,1H3. The zero-order valence-electron chi connectivity index (χ0n) is 9.58. The lowest BCUT2D eigenvalue weighted by Crippen LogP contribution is -2.36. The zero-order chi connectivity index (χ0) is 12.3. The average molecular weight is 276 g/mol. The van der Waals surface area contributed by atoms with E-state index in [1.54, 1.807) is 6.07 Å². The molecule has 1 aliphatic rings. The van der Waals surface area contributed by atoms with Crippen LogP contribution in [0.15, 0.2) is 18.2 Å². The second kappa shape index (κ2) is 6.05. The van der Waals surface area contributed by atoms with Gasteiger partial charge in [-0.3, -0.25) is 0 Å². The zero-order valence-corrected chi connectivity index (χ0v) is 11.2. The van der Waals surface area contributed by atoms with Crippen molar-refractivity contribution < 1.29 is 9.13 Å². The van der Waals surface area contributed by atoms with Crippen molar-refractivity contribution in [2.75, 3.05) is 25.2 Å². The topological polar surface area (TPSA) is 21.3 Å². The summed E-state index contributed by atoms with van der Waals surface area (Å²) < 4.78 is 19.0. The van der Waals surface area contributed by atoms with Gasteiger partial charge in [0, 0.05) is 16.5 Å². The van der Waals surface area contributed by atoms with E-state index in [1.807, 2.05) is 18.8 Å². The molecule has 1 aromatic rings. The van der Waals surface area contributed by atoms with Gasteiger partial charge in [-0.1, -0.05) is 11.6 Å². The first-order valence-electron chi connectivity index (χ1n) is 5.54. The normalized spacial score (nSPS) is 22.4. The Morgan fingerprint density at radius 3 is 3.06 bits per heavy atom. The Labute approximate surface area is 110 Å². The predicted molar refractivity (Wildman–Crippen MR) is 70.3 cm³/mol. The third-order valence-electron chi connectivity index (χ3n) is 2.82. The van der Waals surface area contributed by atoms with Crippen molar-refractivity contribution in [3.63, 3.8) is 0 Å². The van der Waals surface area contributed by atoms with E-state index in [1.165, 1.54) is 12.1 Å². The lowest BCUT2D eigenvalue weighted by atomic mass is 10.0. The second-order valence-corrected chi connectivity index (χ2v) is 5.47. The van der Waals surface area contributed by atoms with Crippen LogP contribution in [0.1, 0.15) is 11.6 Å². The first-order valence-corrected chi connectivity index (χ1v) is 7.07. The van der Waals surface area contributed by atoms with Gasteiger partial charge in [-0.25, -0.2) is 4.39 Å². The molecule has 2 atom stereocenters. The maximum absolute atomic E-state index is 13.3. The average Bonchev–Trinajstić information content (AvgIpc) is 2.36. The molecule has 17 heavy (non-hydrogen) atoms. The minimum Gasteiger partial charge on any atom is -0.375 e. The quantitative estimate of drug-likeness (QED) is 0.917. The van der Waals surface area contributed by atoms with Crippen LogP contribution in [0, 0.1) is 5.82 Å². The number of thioether (sulfide) groups is 1. The molecule has 1 heterocycles. The van der Waals surface area contributed by atoms with Crippen LogP contribution < -0.4 is 5.32 Å². The highest BCUT2D eigenvalue weighted by Gasteiger charge is 2.26. The molecule has 2 unspecified atom stereocenters. The number of benzene rings is 1. The monoisotopic (exact) mass is 275 g/mol. The van der Waals surface area contributed by atoms with Gasteiger partial charge in [0.25, 0.3) is 0 Å². The van der Waals surface area contributed by atoms with Gasteiger partial charge in [0.15, 0.2) is 0 Å². The Hall–Kier alpha value is -0.290. The van der Waals surface area contributed by atoms with Crippen molar-refractivity contribution in [3.05, 3.63) is 34.6 Å². The van der Waals surface area contributed by atoms with Gasteiger partial charge in [0.05, 0.1) is 18.8 Å². The van der Waals surface area contributed by atoms with Crippen LogP contribution in [0.25, 0.3) is 0 Å². The molecule has 1 saturated heterocycles. The van der Waals surface area contributed by atoms with Crippen molar-refractivity contribution >= 4 is 23.4 Å². The van der Waals surface area contributed by atoms with Crippen LogP contribution in [0.2, 0.25) is 5.02 Å². The van der Waals surface area contributed by atoms with E-state index >= 15 is 0 Å². The summed E-state index contributed by atoms with van der Waals surface area (Å²) in [5.41, 5.74) is 0.765. The highest BCUT2D eigenvalue weighted by atomic mass is 35.5. The molecule has 2 nitrogen and oxygen atoms in total. The van der Waals surface area contributed by atoms with E-state index in [0.717, 1.165) is 23.7 Å². The fourth-order valence-corrected chi connectivity index (χ4v) is 3.13. The molecule has 2 rings (SSSR count). The maximum Gasteiger partial charge on any atom is 0.123 e. The first kappa shape index (κ1) is 13.1. The molecule has 94 valence electrons. The summed E-state index contributed by atoms with van der Waals surface area (Å²) in [4.78, 5) is 0. The van der Waals surface area contributed by atoms with Gasteiger partial charge in [0.1, 0.15) is 5.82 Å². The molecular formula is C12H15ClFNOS. The number of ether oxygens (including phenoxy) is 1. The van der Waals surface area contributed by atoms with Crippen LogP contribution in [-0.2, 0) is 4.74 Å². The van der Waals surface area contributed by atoms with Crippen LogP contribution in [0.5, 0.6) is 0 Å². The minimum absolute atomic E-state index is 0.0399. The minimum atomic E-state index is -0.270. The smallest absolute Gasteiger partial charge is 0.123 e. The Kier molecular flexibility index (Phi) is 4.68. The van der Waals surface area contributed by atoms with E-state index in [2.05, 4.69) is 5.32 Å². The van der Waals surface area contributed by atoms with Crippen LogP contribution in [-0.4, -0.2) is 31.3 Å². The maximum atomic E-state index is 13.3. The van der Waals surface area contributed by atoms with Crippen LogP contribution >= 0.6 is 23.4 Å². The van der Waals surface area contributed by atoms with E-state index in [4.69, 9.17) is 16.3 Å². The summed E-state index contributed by atoms with van der Waals surface area (Å²) in [5.74, 6) is 1.65. The van der Waals surface area contributed by atoms with Crippen molar-refractivity contribution in [1.29, 1.82) is 0 Å². The molecule has 5 heteroatoms. The third-order valence-corrected chi connectivity index (χ3v) is 4.18. The molecule has 0 aromatic heterocycles. The molecule has 0 radical (unpaired) electrons. The molecule has 1 aromatic carbocycles. The van der Waals surface area contributed by atoms with Gasteiger partial charge in [-0.15, -0.1) is 0 Å². The Morgan fingerprint density at radius 1 is 1.59 bits per heavy atom. The molecule has 0 amide bonds. The second-order valence-electron chi connectivity index (χ2n) is 3.92. The lowest BCUT2D eigenvalue weighted by Gasteiger charge is -2.30. The summed E-state index contributed by atoms with van der Waals surface area (Å²) in [6, 6.07) is 4.37. The van der Waals surface area contributed by atoms with Gasteiger partial charge in [0.2, 0.25) is 0 Å². The third kappa shape index (κ3) is 3.13. The number of hydrogen-bond donors (Lipinski definition) is 1. The lowest BCUT2D eigenvalue weighted by molar-refractivity contribution is 0.0488. The molecule has 0 saturated carbocycles. The molecular weight excluding hydrogens is 261 g/mol. The first-order chi connectivity index (χ1) is 8.22. The Morgan fingerprint density at radius 2 is 2.41 bits per heavy atom. The summed E-state index contributed by atoms with van der Waals surface area (Å²) in [7, 11) is 1.84. The molecule has 1 aliphatic heterocycles. The highest BCUT2D eigenvalue weighted by molar-refractivity contribution is 7.99. The molecule has 1 N–H and O–H groups in total. The van der Waals surface area contributed by atoms with Gasteiger partial charge in [-0.2, -0.15) is 11.8 Å². The number of rotatable bonds is 3. The largest absolute Gasteiger partial charge is 0.375 e. The molecule has 0 spiro atoms. The van der Waals surface area contributed by atoms with Gasteiger partial charge < -0.3 is 10.1 Å². The van der Waals surface area contributed by atoms with Gasteiger partial charge in [-0.05, 0) is 30.8 Å². The highest BCUT2D eigenvalue weighted by Crippen LogP contribution is 2.30. The van der Waals surface area contributed by atoms with Crippen LogP contribution in [0.4, 0.5) is 4.39 Å². The van der Waals surface area contributed by atoms with E-state index in [-0.39, 0.29) is 18.0 Å². The van der Waals surface area contributed by atoms with Crippen molar-refractivity contribution in [1.82, 2.24) is 5.32 Å². The fraction of sp³-hybridized carbons (Fsp3) is 0.500. The van der Waals surface area contributed by atoms with E-state index in [0.29, 0.717) is 5.02 Å². The predicted octanol–water partition coefficient (Wildman–Crippen LogP) is 2.87. The summed E-state index contributed by atoms with van der Waals surface area (Å²) in [6.07, 6.45) is 0.0399. The van der Waals surface area contributed by atoms with Crippen molar-refractivity contribution in [2.45, 2.75) is 12.1 Å². The molecule has 0 aliphatic carbocycles.